The second-order valence-corrected chi connectivity index (χ2v) is 7.12. The molecule has 2 rings (SSSR count). The molecule has 0 spiro atoms. The van der Waals surface area contributed by atoms with Crippen molar-refractivity contribution in [1.29, 1.82) is 0 Å². The lowest BCUT2D eigenvalue weighted by molar-refractivity contribution is 0.0122. The van der Waals surface area contributed by atoms with Gasteiger partial charge < -0.3 is 19.5 Å². The van der Waals surface area contributed by atoms with Gasteiger partial charge in [0.25, 0.3) is 0 Å². The van der Waals surface area contributed by atoms with E-state index in [1.165, 1.54) is 13.0 Å². The molecular formula is C18H26FNO4. The molecule has 0 saturated carbocycles. The van der Waals surface area contributed by atoms with Crippen LogP contribution in [0.4, 0.5) is 9.18 Å². The summed E-state index contributed by atoms with van der Waals surface area (Å²) in [6.07, 6.45) is -0.164. The zero-order chi connectivity index (χ0) is 17.9. The highest BCUT2D eigenvalue weighted by Gasteiger charge is 2.28. The second kappa shape index (κ2) is 7.38. The molecule has 1 heterocycles. The molecular weight excluding hydrogens is 313 g/mol. The molecule has 1 amide bonds. The first-order valence-electron chi connectivity index (χ1n) is 8.28. The number of hydrogen-bond donors (Lipinski definition) is 1. The average molecular weight is 339 g/mol. The summed E-state index contributed by atoms with van der Waals surface area (Å²) in [6.45, 7) is 8.03. The van der Waals surface area contributed by atoms with Crippen LogP contribution in [0.5, 0.6) is 5.75 Å². The highest BCUT2D eigenvalue weighted by molar-refractivity contribution is 5.68. The Balaban J connectivity index is 1.92. The smallest absolute Gasteiger partial charge is 0.410 e. The van der Waals surface area contributed by atoms with Gasteiger partial charge in [0.1, 0.15) is 11.7 Å². The van der Waals surface area contributed by atoms with Gasteiger partial charge in [0.15, 0.2) is 11.6 Å². The van der Waals surface area contributed by atoms with Crippen LogP contribution in [0.2, 0.25) is 0 Å². The van der Waals surface area contributed by atoms with Crippen molar-refractivity contribution in [2.24, 2.45) is 0 Å². The first kappa shape index (κ1) is 18.5. The number of benzene rings is 1. The molecule has 1 aromatic rings. The topological polar surface area (TPSA) is 59.0 Å². The highest BCUT2D eigenvalue weighted by Crippen LogP contribution is 2.27. The Morgan fingerprint density at radius 3 is 2.50 bits per heavy atom. The Hall–Kier alpha value is -1.82. The fourth-order valence-electron chi connectivity index (χ4n) is 2.60. The van der Waals surface area contributed by atoms with Gasteiger partial charge in [-0.3, -0.25) is 0 Å². The van der Waals surface area contributed by atoms with Gasteiger partial charge >= 0.3 is 6.09 Å². The minimum absolute atomic E-state index is 0.143. The lowest BCUT2D eigenvalue weighted by Gasteiger charge is -2.33. The monoisotopic (exact) mass is 339 g/mol. The van der Waals surface area contributed by atoms with Crippen molar-refractivity contribution < 1.29 is 23.8 Å². The zero-order valence-electron chi connectivity index (χ0n) is 14.7. The Bertz CT molecular complexity index is 575. The van der Waals surface area contributed by atoms with Gasteiger partial charge in [-0.15, -0.1) is 0 Å². The summed E-state index contributed by atoms with van der Waals surface area (Å²) >= 11 is 0. The third-order valence-electron chi connectivity index (χ3n) is 3.83. The number of ether oxygens (including phenoxy) is 2. The predicted molar refractivity (Wildman–Crippen MR) is 88.5 cm³/mol. The molecule has 0 bridgehead atoms. The summed E-state index contributed by atoms with van der Waals surface area (Å²) in [6, 6.07) is 4.76. The minimum Gasteiger partial charge on any atom is -0.487 e. The molecule has 5 nitrogen and oxygen atoms in total. The SMILES string of the molecule is CC(O)c1cccc(OC2CCN(C(=O)OC(C)(C)C)CC2)c1F. The van der Waals surface area contributed by atoms with E-state index in [9.17, 15) is 14.3 Å². The van der Waals surface area contributed by atoms with E-state index in [4.69, 9.17) is 9.47 Å². The maximum absolute atomic E-state index is 14.3. The van der Waals surface area contributed by atoms with E-state index in [1.807, 2.05) is 20.8 Å². The van der Waals surface area contributed by atoms with Crippen molar-refractivity contribution in [3.8, 4) is 5.75 Å². The minimum atomic E-state index is -0.887. The number of halogens is 1. The van der Waals surface area contributed by atoms with Crippen LogP contribution in [-0.4, -0.2) is 40.9 Å². The lowest BCUT2D eigenvalue weighted by atomic mass is 10.1. The summed E-state index contributed by atoms with van der Waals surface area (Å²) in [4.78, 5) is 13.7. The molecule has 1 atom stereocenters. The molecule has 0 aliphatic carbocycles. The van der Waals surface area contributed by atoms with E-state index in [1.54, 1.807) is 17.0 Å². The predicted octanol–water partition coefficient (Wildman–Crippen LogP) is 3.66. The number of nitrogens with zero attached hydrogens (tertiary/aromatic N) is 1. The molecule has 1 unspecified atom stereocenters. The average Bonchev–Trinajstić information content (AvgIpc) is 2.48. The highest BCUT2D eigenvalue weighted by atomic mass is 19.1. The van der Waals surface area contributed by atoms with E-state index in [2.05, 4.69) is 0 Å². The number of piperidine rings is 1. The van der Waals surface area contributed by atoms with Gasteiger partial charge in [-0.1, -0.05) is 12.1 Å². The van der Waals surface area contributed by atoms with Gasteiger partial charge in [0.2, 0.25) is 0 Å². The summed E-state index contributed by atoms with van der Waals surface area (Å²) < 4.78 is 25.4. The summed E-state index contributed by atoms with van der Waals surface area (Å²) in [5.41, 5.74) is -0.298. The number of amides is 1. The van der Waals surface area contributed by atoms with E-state index in [-0.39, 0.29) is 23.5 Å². The van der Waals surface area contributed by atoms with Crippen LogP contribution < -0.4 is 4.74 Å². The van der Waals surface area contributed by atoms with Crippen molar-refractivity contribution in [2.45, 2.75) is 58.3 Å². The van der Waals surface area contributed by atoms with Gasteiger partial charge in [0, 0.05) is 31.5 Å². The van der Waals surface area contributed by atoms with Crippen molar-refractivity contribution in [1.82, 2.24) is 4.90 Å². The fourth-order valence-corrected chi connectivity index (χ4v) is 2.60. The number of carbonyl (C=O) groups is 1. The lowest BCUT2D eigenvalue weighted by Crippen LogP contribution is -2.44. The third-order valence-corrected chi connectivity index (χ3v) is 3.83. The van der Waals surface area contributed by atoms with Gasteiger partial charge in [-0.05, 0) is 33.8 Å². The van der Waals surface area contributed by atoms with Crippen molar-refractivity contribution in [3.63, 3.8) is 0 Å². The van der Waals surface area contributed by atoms with Crippen LogP contribution in [0.1, 0.15) is 52.2 Å². The Labute approximate surface area is 142 Å². The van der Waals surface area contributed by atoms with Crippen LogP contribution in [0.3, 0.4) is 0 Å². The molecule has 1 aliphatic heterocycles. The number of likely N-dealkylation sites (tertiary alicyclic amines) is 1. The van der Waals surface area contributed by atoms with Crippen LogP contribution in [0.15, 0.2) is 18.2 Å². The quantitative estimate of drug-likeness (QED) is 0.913. The van der Waals surface area contributed by atoms with Crippen LogP contribution >= 0.6 is 0 Å². The fraction of sp³-hybridized carbons (Fsp3) is 0.611. The van der Waals surface area contributed by atoms with Crippen LogP contribution in [0, 0.1) is 5.82 Å². The molecule has 1 saturated heterocycles. The summed E-state index contributed by atoms with van der Waals surface area (Å²) in [7, 11) is 0. The Morgan fingerprint density at radius 2 is 1.96 bits per heavy atom. The van der Waals surface area contributed by atoms with Crippen LogP contribution in [-0.2, 0) is 4.74 Å². The summed E-state index contributed by atoms with van der Waals surface area (Å²) in [5.74, 6) is -0.383. The molecule has 1 aliphatic rings. The largest absolute Gasteiger partial charge is 0.487 e. The molecule has 1 fully saturated rings. The molecule has 134 valence electrons. The molecule has 1 aromatic carbocycles. The second-order valence-electron chi connectivity index (χ2n) is 7.12. The standard InChI is InChI=1S/C18H26FNO4/c1-12(21)14-6-5-7-15(16(14)19)23-13-8-10-20(11-9-13)17(22)24-18(2,3)4/h5-7,12-13,21H,8-11H2,1-4H3. The van der Waals surface area contributed by atoms with E-state index >= 15 is 0 Å². The number of aliphatic hydroxyl groups excluding tert-OH is 1. The number of aliphatic hydroxyl groups is 1. The van der Waals surface area contributed by atoms with Gasteiger partial charge in [-0.25, -0.2) is 9.18 Å². The number of rotatable bonds is 3. The first-order chi connectivity index (χ1) is 11.2. The maximum atomic E-state index is 14.3. The molecule has 0 radical (unpaired) electrons. The molecule has 24 heavy (non-hydrogen) atoms. The van der Waals surface area contributed by atoms with E-state index < -0.39 is 17.5 Å². The molecule has 6 heteroatoms. The zero-order valence-corrected chi connectivity index (χ0v) is 14.7. The molecule has 1 N–H and O–H groups in total. The molecule has 0 aromatic heterocycles. The summed E-state index contributed by atoms with van der Waals surface area (Å²) in [5, 5.41) is 9.57. The van der Waals surface area contributed by atoms with Gasteiger partial charge in [0.05, 0.1) is 6.10 Å². The maximum Gasteiger partial charge on any atom is 0.410 e. The first-order valence-corrected chi connectivity index (χ1v) is 8.28. The van der Waals surface area contributed by atoms with Crippen molar-refractivity contribution in [3.05, 3.63) is 29.6 Å². The van der Waals surface area contributed by atoms with Crippen LogP contribution in [0.25, 0.3) is 0 Å². The number of carbonyl (C=O) groups excluding carboxylic acids is 1. The normalized spacial score (nSPS) is 17.5. The van der Waals surface area contributed by atoms with Gasteiger partial charge in [-0.2, -0.15) is 0 Å². The van der Waals surface area contributed by atoms with Crippen molar-refractivity contribution in [2.75, 3.05) is 13.1 Å². The number of hydrogen-bond acceptors (Lipinski definition) is 4. The Kier molecular flexibility index (Phi) is 5.70. The van der Waals surface area contributed by atoms with E-state index in [0.29, 0.717) is 25.9 Å². The Morgan fingerprint density at radius 1 is 1.33 bits per heavy atom. The third kappa shape index (κ3) is 4.84. The van der Waals surface area contributed by atoms with E-state index in [0.717, 1.165) is 0 Å². The van der Waals surface area contributed by atoms with Crippen molar-refractivity contribution >= 4 is 6.09 Å².